The second-order valence-electron chi connectivity index (χ2n) is 4.42. The smallest absolute Gasteiger partial charge is 0.130 e. The molecule has 0 bridgehead atoms. The summed E-state index contributed by atoms with van der Waals surface area (Å²) in [6, 6.07) is 1.93. The molecule has 0 spiro atoms. The van der Waals surface area contributed by atoms with Crippen LogP contribution in [0.25, 0.3) is 0 Å². The Morgan fingerprint density at radius 2 is 2.13 bits per heavy atom. The molecule has 0 atom stereocenters. The van der Waals surface area contributed by atoms with Crippen molar-refractivity contribution in [2.24, 2.45) is 0 Å². The number of aryl methyl sites for hydroxylation is 1. The van der Waals surface area contributed by atoms with Crippen LogP contribution < -0.4 is 10.6 Å². The van der Waals surface area contributed by atoms with Gasteiger partial charge in [-0.15, -0.1) is 0 Å². The Bertz CT molecular complexity index is 331. The van der Waals surface area contributed by atoms with Crippen molar-refractivity contribution in [1.29, 1.82) is 0 Å². The molecule has 2 rings (SSSR count). The number of aromatic nitrogens is 2. The van der Waals surface area contributed by atoms with Crippen molar-refractivity contribution in [3.63, 3.8) is 0 Å². The van der Waals surface area contributed by atoms with Gasteiger partial charge >= 0.3 is 0 Å². The molecule has 0 aliphatic carbocycles. The van der Waals surface area contributed by atoms with Crippen LogP contribution in [-0.4, -0.2) is 28.6 Å². The highest BCUT2D eigenvalue weighted by atomic mass is 15.1. The Kier molecular flexibility index (Phi) is 2.86. The van der Waals surface area contributed by atoms with Gasteiger partial charge in [-0.3, -0.25) is 0 Å². The Morgan fingerprint density at radius 1 is 1.40 bits per heavy atom. The quantitative estimate of drug-likeness (QED) is 0.766. The van der Waals surface area contributed by atoms with E-state index in [1.165, 1.54) is 0 Å². The lowest BCUT2D eigenvalue weighted by atomic mass is 9.91. The topological polar surface area (TPSA) is 49.8 Å². The average Bonchev–Trinajstić information content (AvgIpc) is 2.18. The number of nitrogens with one attached hydrogen (secondary N) is 2. The van der Waals surface area contributed by atoms with Crippen molar-refractivity contribution in [2.75, 3.05) is 18.4 Å². The number of anilines is 1. The molecule has 2 N–H and O–H groups in total. The monoisotopic (exact) mass is 206 g/mol. The van der Waals surface area contributed by atoms with Gasteiger partial charge < -0.3 is 10.6 Å². The van der Waals surface area contributed by atoms with E-state index < -0.39 is 0 Å². The summed E-state index contributed by atoms with van der Waals surface area (Å²) in [5, 5.41) is 6.87. The summed E-state index contributed by atoms with van der Waals surface area (Å²) in [4.78, 5) is 8.46. The fourth-order valence-electron chi connectivity index (χ4n) is 1.94. The summed E-state index contributed by atoms with van der Waals surface area (Å²) >= 11 is 0. The largest absolute Gasteiger partial charge is 0.365 e. The van der Waals surface area contributed by atoms with Crippen LogP contribution in [0.2, 0.25) is 0 Å². The Hall–Kier alpha value is -1.16. The van der Waals surface area contributed by atoms with E-state index in [9.17, 15) is 0 Å². The van der Waals surface area contributed by atoms with Crippen LogP contribution in [0.5, 0.6) is 0 Å². The van der Waals surface area contributed by atoms with E-state index >= 15 is 0 Å². The molecule has 0 unspecified atom stereocenters. The van der Waals surface area contributed by atoms with E-state index in [4.69, 9.17) is 0 Å². The third-order valence-corrected chi connectivity index (χ3v) is 2.91. The van der Waals surface area contributed by atoms with Gasteiger partial charge in [0.15, 0.2) is 0 Å². The van der Waals surface area contributed by atoms with Crippen LogP contribution in [0.1, 0.15) is 25.6 Å². The fourth-order valence-corrected chi connectivity index (χ4v) is 1.94. The molecule has 0 amide bonds. The van der Waals surface area contributed by atoms with E-state index in [1.54, 1.807) is 6.20 Å². The van der Waals surface area contributed by atoms with Crippen LogP contribution in [0, 0.1) is 6.92 Å². The summed E-state index contributed by atoms with van der Waals surface area (Å²) < 4.78 is 0. The molecule has 2 heterocycles. The predicted octanol–water partition coefficient (Wildman–Crippen LogP) is 1.34. The molecule has 1 aliphatic rings. The van der Waals surface area contributed by atoms with E-state index in [0.29, 0.717) is 0 Å². The first-order chi connectivity index (χ1) is 7.18. The van der Waals surface area contributed by atoms with E-state index in [2.05, 4.69) is 27.5 Å². The van der Waals surface area contributed by atoms with Crippen LogP contribution in [0.4, 0.5) is 5.82 Å². The number of nitrogens with zero attached hydrogens (tertiary/aromatic N) is 2. The molecule has 15 heavy (non-hydrogen) atoms. The highest BCUT2D eigenvalue weighted by molar-refractivity contribution is 5.36. The third kappa shape index (κ3) is 2.65. The molecular weight excluding hydrogens is 188 g/mol. The second-order valence-corrected chi connectivity index (χ2v) is 4.42. The first-order valence-corrected chi connectivity index (χ1v) is 5.47. The van der Waals surface area contributed by atoms with Crippen molar-refractivity contribution in [1.82, 2.24) is 15.3 Å². The maximum atomic E-state index is 4.37. The van der Waals surface area contributed by atoms with Gasteiger partial charge in [0, 0.05) is 11.7 Å². The van der Waals surface area contributed by atoms with Gasteiger partial charge in [-0.1, -0.05) is 0 Å². The Labute approximate surface area is 90.5 Å². The van der Waals surface area contributed by atoms with Gasteiger partial charge in [0.05, 0.1) is 0 Å². The maximum Gasteiger partial charge on any atom is 0.130 e. The van der Waals surface area contributed by atoms with Crippen LogP contribution >= 0.6 is 0 Å². The fraction of sp³-hybridized carbons (Fsp3) is 0.636. The lowest BCUT2D eigenvalue weighted by Crippen LogP contribution is -2.45. The molecular formula is C11H18N4. The molecule has 4 heteroatoms. The minimum atomic E-state index is 0.173. The van der Waals surface area contributed by atoms with Crippen molar-refractivity contribution in [3.05, 3.63) is 18.1 Å². The first kappa shape index (κ1) is 10.4. The Morgan fingerprint density at radius 3 is 2.80 bits per heavy atom. The summed E-state index contributed by atoms with van der Waals surface area (Å²) in [6.07, 6.45) is 4.07. The first-order valence-electron chi connectivity index (χ1n) is 5.47. The van der Waals surface area contributed by atoms with Gasteiger partial charge in [0.2, 0.25) is 0 Å². The highest BCUT2D eigenvalue weighted by Crippen LogP contribution is 2.22. The number of rotatable bonds is 2. The molecule has 1 aromatic heterocycles. The van der Waals surface area contributed by atoms with E-state index in [1.807, 2.05) is 13.0 Å². The Balaban J connectivity index is 2.06. The molecule has 0 radical (unpaired) electrons. The van der Waals surface area contributed by atoms with Crippen LogP contribution in [-0.2, 0) is 0 Å². The van der Waals surface area contributed by atoms with E-state index in [0.717, 1.165) is 37.6 Å². The highest BCUT2D eigenvalue weighted by Gasteiger charge is 2.26. The second kappa shape index (κ2) is 4.14. The van der Waals surface area contributed by atoms with Crippen LogP contribution in [0.3, 0.4) is 0 Å². The number of hydrogen-bond acceptors (Lipinski definition) is 4. The molecule has 1 aromatic rings. The lowest BCUT2D eigenvalue weighted by Gasteiger charge is -2.35. The standard InChI is InChI=1S/C11H18N4/c1-9-13-6-3-10(14-9)15-11(2)4-7-12-8-5-11/h3,6,12H,4-5,7-8H2,1-2H3,(H,13,14,15). The lowest BCUT2D eigenvalue weighted by molar-refractivity contribution is 0.364. The third-order valence-electron chi connectivity index (χ3n) is 2.91. The number of piperidine rings is 1. The summed E-state index contributed by atoms with van der Waals surface area (Å²) in [7, 11) is 0. The zero-order valence-electron chi connectivity index (χ0n) is 9.38. The van der Waals surface area contributed by atoms with Gasteiger partial charge in [-0.25, -0.2) is 9.97 Å². The minimum absolute atomic E-state index is 0.173. The number of hydrogen-bond donors (Lipinski definition) is 2. The van der Waals surface area contributed by atoms with Crippen molar-refractivity contribution < 1.29 is 0 Å². The van der Waals surface area contributed by atoms with Gasteiger partial charge in [0.1, 0.15) is 11.6 Å². The zero-order chi connectivity index (χ0) is 10.7. The van der Waals surface area contributed by atoms with Gasteiger partial charge in [0.25, 0.3) is 0 Å². The molecule has 0 aromatic carbocycles. The zero-order valence-corrected chi connectivity index (χ0v) is 9.38. The molecule has 1 fully saturated rings. The molecule has 1 saturated heterocycles. The van der Waals surface area contributed by atoms with Crippen molar-refractivity contribution in [2.45, 2.75) is 32.2 Å². The average molecular weight is 206 g/mol. The molecule has 0 saturated carbocycles. The van der Waals surface area contributed by atoms with Crippen molar-refractivity contribution in [3.8, 4) is 0 Å². The van der Waals surface area contributed by atoms with Gasteiger partial charge in [-0.05, 0) is 45.8 Å². The minimum Gasteiger partial charge on any atom is -0.365 e. The molecule has 82 valence electrons. The maximum absolute atomic E-state index is 4.37. The predicted molar refractivity (Wildman–Crippen MR) is 60.9 cm³/mol. The molecule has 4 nitrogen and oxygen atoms in total. The molecule has 1 aliphatic heterocycles. The van der Waals surface area contributed by atoms with Crippen molar-refractivity contribution >= 4 is 5.82 Å². The van der Waals surface area contributed by atoms with Crippen LogP contribution in [0.15, 0.2) is 12.3 Å². The SMILES string of the molecule is Cc1nccc(NC2(C)CCNCC2)n1. The summed E-state index contributed by atoms with van der Waals surface area (Å²) in [5.41, 5.74) is 0.173. The van der Waals surface area contributed by atoms with E-state index in [-0.39, 0.29) is 5.54 Å². The normalized spacial score (nSPS) is 19.9. The summed E-state index contributed by atoms with van der Waals surface area (Å²) in [5.74, 6) is 1.75. The van der Waals surface area contributed by atoms with Gasteiger partial charge in [-0.2, -0.15) is 0 Å². The summed E-state index contributed by atoms with van der Waals surface area (Å²) in [6.45, 7) is 6.32.